The van der Waals surface area contributed by atoms with Gasteiger partial charge in [-0.25, -0.2) is 4.79 Å². The lowest BCUT2D eigenvalue weighted by Crippen LogP contribution is -2.41. The first-order valence-electron chi connectivity index (χ1n) is 7.19. The number of nitrogens with zero attached hydrogens (tertiary/aromatic N) is 1. The summed E-state index contributed by atoms with van der Waals surface area (Å²) in [7, 11) is 0. The number of hydrogen-bond donors (Lipinski definition) is 1. The van der Waals surface area contributed by atoms with E-state index in [2.05, 4.69) is 32.7 Å². The molecule has 1 rings (SSSR count). The number of halogens is 1. The zero-order valence-corrected chi connectivity index (χ0v) is 13.9. The van der Waals surface area contributed by atoms with Gasteiger partial charge in [-0.1, -0.05) is 53.1 Å². The predicted octanol–water partition coefficient (Wildman–Crippen LogP) is 3.24. The summed E-state index contributed by atoms with van der Waals surface area (Å²) in [4.78, 5) is 27.1. The molecule has 5 heteroatoms. The van der Waals surface area contributed by atoms with E-state index in [0.29, 0.717) is 23.9 Å². The van der Waals surface area contributed by atoms with Gasteiger partial charge < -0.3 is 0 Å². The number of aromatic nitrogens is 2. The quantitative estimate of drug-likeness (QED) is 0.849. The number of aromatic amines is 1. The average molecular weight is 301 g/mol. The zero-order valence-electron chi connectivity index (χ0n) is 13.2. The van der Waals surface area contributed by atoms with Crippen molar-refractivity contribution in [3.63, 3.8) is 0 Å². The van der Waals surface area contributed by atoms with E-state index in [1.807, 2.05) is 13.8 Å². The lowest BCUT2D eigenvalue weighted by Gasteiger charge is -2.25. The second-order valence-corrected chi connectivity index (χ2v) is 6.76. The van der Waals surface area contributed by atoms with Crippen molar-refractivity contribution in [2.24, 2.45) is 17.8 Å². The van der Waals surface area contributed by atoms with Gasteiger partial charge in [0.1, 0.15) is 5.15 Å². The molecule has 1 aromatic rings. The maximum Gasteiger partial charge on any atom is 0.329 e. The molecule has 20 heavy (non-hydrogen) atoms. The highest BCUT2D eigenvalue weighted by atomic mass is 35.5. The maximum absolute atomic E-state index is 12.5. The van der Waals surface area contributed by atoms with Gasteiger partial charge in [-0.3, -0.25) is 14.3 Å². The summed E-state index contributed by atoms with van der Waals surface area (Å²) in [5, 5.41) is 0.164. The van der Waals surface area contributed by atoms with Crippen LogP contribution in [0.25, 0.3) is 0 Å². The fourth-order valence-electron chi connectivity index (χ4n) is 2.63. The fraction of sp³-hybridized carbons (Fsp3) is 0.733. The van der Waals surface area contributed by atoms with Crippen LogP contribution in [-0.2, 0) is 6.54 Å². The van der Waals surface area contributed by atoms with Crippen LogP contribution in [0.3, 0.4) is 0 Å². The summed E-state index contributed by atoms with van der Waals surface area (Å²) in [5.74, 6) is 1.06. The van der Waals surface area contributed by atoms with Crippen molar-refractivity contribution in [1.82, 2.24) is 9.55 Å². The van der Waals surface area contributed by atoms with Crippen LogP contribution in [-0.4, -0.2) is 9.55 Å². The summed E-state index contributed by atoms with van der Waals surface area (Å²) in [5.41, 5.74) is -0.201. The van der Waals surface area contributed by atoms with Crippen LogP contribution < -0.4 is 11.2 Å². The van der Waals surface area contributed by atoms with Gasteiger partial charge in [0.25, 0.3) is 5.56 Å². The Bertz CT molecular complexity index is 562. The molecule has 0 amide bonds. The maximum atomic E-state index is 12.5. The third kappa shape index (κ3) is 3.54. The normalized spacial score (nSPS) is 12.2. The van der Waals surface area contributed by atoms with E-state index >= 15 is 0 Å². The van der Waals surface area contributed by atoms with Crippen LogP contribution in [0, 0.1) is 17.8 Å². The van der Waals surface area contributed by atoms with Crippen LogP contribution in [0.4, 0.5) is 0 Å². The molecule has 0 fully saturated rings. The molecule has 0 radical (unpaired) electrons. The first-order valence-corrected chi connectivity index (χ1v) is 7.57. The third-order valence-corrected chi connectivity index (χ3v) is 4.16. The minimum Gasteiger partial charge on any atom is -0.297 e. The standard InChI is InChI=1S/C15H25ClN2O2/c1-8(2)11(9(3)4)7-18-14(19)12(10(5)6)13(16)17-15(18)20/h8-11H,7H2,1-6H3,(H,17,20). The Balaban J connectivity index is 3.36. The summed E-state index contributed by atoms with van der Waals surface area (Å²) < 4.78 is 1.30. The highest BCUT2D eigenvalue weighted by molar-refractivity contribution is 6.30. The largest absolute Gasteiger partial charge is 0.329 e. The molecule has 0 aliphatic heterocycles. The lowest BCUT2D eigenvalue weighted by molar-refractivity contribution is 0.245. The second kappa shape index (κ2) is 6.61. The average Bonchev–Trinajstić information content (AvgIpc) is 2.26. The van der Waals surface area contributed by atoms with Crippen LogP contribution >= 0.6 is 11.6 Å². The molecule has 0 saturated heterocycles. The molecule has 0 saturated carbocycles. The van der Waals surface area contributed by atoms with Crippen LogP contribution in [0.2, 0.25) is 5.15 Å². The Hall–Kier alpha value is -1.03. The van der Waals surface area contributed by atoms with Gasteiger partial charge in [0.05, 0.1) is 5.56 Å². The van der Waals surface area contributed by atoms with E-state index in [1.165, 1.54) is 4.57 Å². The van der Waals surface area contributed by atoms with Gasteiger partial charge in [0, 0.05) is 6.54 Å². The molecule has 1 aromatic heterocycles. The number of hydrogen-bond acceptors (Lipinski definition) is 2. The van der Waals surface area contributed by atoms with Gasteiger partial charge in [0.15, 0.2) is 0 Å². The van der Waals surface area contributed by atoms with Gasteiger partial charge in [-0.05, 0) is 23.7 Å². The molecule has 0 atom stereocenters. The third-order valence-electron chi connectivity index (χ3n) is 3.86. The Labute approximate surface area is 125 Å². The Morgan fingerprint density at radius 3 is 1.95 bits per heavy atom. The Morgan fingerprint density at radius 1 is 1.05 bits per heavy atom. The molecule has 1 heterocycles. The number of rotatable bonds is 5. The number of H-pyrrole nitrogens is 1. The molecular weight excluding hydrogens is 276 g/mol. The van der Waals surface area contributed by atoms with Crippen molar-refractivity contribution >= 4 is 11.6 Å². The Morgan fingerprint density at radius 2 is 1.55 bits per heavy atom. The Kier molecular flexibility index (Phi) is 5.63. The monoisotopic (exact) mass is 300 g/mol. The smallest absolute Gasteiger partial charge is 0.297 e. The lowest BCUT2D eigenvalue weighted by atomic mass is 9.85. The van der Waals surface area contributed by atoms with E-state index in [-0.39, 0.29) is 22.5 Å². The first kappa shape index (κ1) is 17.0. The van der Waals surface area contributed by atoms with Crippen molar-refractivity contribution < 1.29 is 0 Å². The molecule has 4 nitrogen and oxygen atoms in total. The van der Waals surface area contributed by atoms with E-state index in [0.717, 1.165) is 0 Å². The number of nitrogens with one attached hydrogen (secondary N) is 1. The molecule has 0 aromatic carbocycles. The fourth-order valence-corrected chi connectivity index (χ4v) is 3.01. The van der Waals surface area contributed by atoms with E-state index < -0.39 is 5.69 Å². The molecule has 0 aliphatic rings. The summed E-state index contributed by atoms with van der Waals surface area (Å²) in [6, 6.07) is 0. The minimum absolute atomic E-state index is 0.0188. The predicted molar refractivity (Wildman–Crippen MR) is 83.6 cm³/mol. The van der Waals surface area contributed by atoms with E-state index in [9.17, 15) is 9.59 Å². The van der Waals surface area contributed by atoms with E-state index in [4.69, 9.17) is 11.6 Å². The minimum atomic E-state index is -0.421. The summed E-state index contributed by atoms with van der Waals surface area (Å²) in [6.07, 6.45) is 0. The van der Waals surface area contributed by atoms with Crippen molar-refractivity contribution in [2.45, 2.75) is 54.0 Å². The molecule has 0 aliphatic carbocycles. The molecule has 1 N–H and O–H groups in total. The van der Waals surface area contributed by atoms with Crippen molar-refractivity contribution in [3.05, 3.63) is 31.6 Å². The molecule has 0 bridgehead atoms. The van der Waals surface area contributed by atoms with Crippen molar-refractivity contribution in [2.75, 3.05) is 0 Å². The molecular formula is C15H25ClN2O2. The van der Waals surface area contributed by atoms with Crippen LogP contribution in [0.1, 0.15) is 53.0 Å². The van der Waals surface area contributed by atoms with Crippen LogP contribution in [0.15, 0.2) is 9.59 Å². The summed E-state index contributed by atoms with van der Waals surface area (Å²) >= 11 is 5.99. The molecule has 0 unspecified atom stereocenters. The van der Waals surface area contributed by atoms with Gasteiger partial charge >= 0.3 is 5.69 Å². The first-order chi connectivity index (χ1) is 9.16. The SMILES string of the molecule is CC(C)c1c(Cl)[nH]c(=O)n(CC(C(C)C)C(C)C)c1=O. The molecule has 0 spiro atoms. The highest BCUT2D eigenvalue weighted by Gasteiger charge is 2.22. The van der Waals surface area contributed by atoms with E-state index in [1.54, 1.807) is 0 Å². The topological polar surface area (TPSA) is 54.9 Å². The van der Waals surface area contributed by atoms with Gasteiger partial charge in [-0.2, -0.15) is 0 Å². The zero-order chi connectivity index (χ0) is 15.6. The van der Waals surface area contributed by atoms with Crippen LogP contribution in [0.5, 0.6) is 0 Å². The van der Waals surface area contributed by atoms with Crippen molar-refractivity contribution in [1.29, 1.82) is 0 Å². The van der Waals surface area contributed by atoms with Gasteiger partial charge in [0.2, 0.25) is 0 Å². The van der Waals surface area contributed by atoms with Crippen molar-refractivity contribution in [3.8, 4) is 0 Å². The summed E-state index contributed by atoms with van der Waals surface area (Å²) in [6.45, 7) is 12.7. The van der Waals surface area contributed by atoms with Gasteiger partial charge in [-0.15, -0.1) is 0 Å². The molecule has 114 valence electrons. The second-order valence-electron chi connectivity index (χ2n) is 6.38. The highest BCUT2D eigenvalue weighted by Crippen LogP contribution is 2.22.